The second kappa shape index (κ2) is 7.01. The Balaban J connectivity index is 0.00000225. The Morgan fingerprint density at radius 3 is 2.80 bits per heavy atom. The van der Waals surface area contributed by atoms with Gasteiger partial charge in [0.2, 0.25) is 23.3 Å². The first-order valence-electron chi connectivity index (χ1n) is 6.58. The van der Waals surface area contributed by atoms with Gasteiger partial charge in [-0.2, -0.15) is 9.50 Å². The normalized spacial score (nSPS) is 10.9. The predicted octanol–water partition coefficient (Wildman–Crippen LogP) is -3.20. The van der Waals surface area contributed by atoms with E-state index >= 15 is 0 Å². The average Bonchev–Trinajstić information content (AvgIpc) is 2.88. The maximum absolute atomic E-state index is 11.9. The van der Waals surface area contributed by atoms with Crippen molar-refractivity contribution in [2.75, 3.05) is 5.73 Å². The van der Waals surface area contributed by atoms with E-state index in [-0.39, 0.29) is 52.5 Å². The van der Waals surface area contributed by atoms with Gasteiger partial charge in [0.05, 0.1) is 11.7 Å². The Labute approximate surface area is 161 Å². The van der Waals surface area contributed by atoms with E-state index in [1.165, 1.54) is 12.1 Å². The molecule has 0 atom stereocenters. The molecule has 0 aliphatic heterocycles. The van der Waals surface area contributed by atoms with Gasteiger partial charge in [0.15, 0.2) is 0 Å². The topological polar surface area (TPSA) is 174 Å². The molecule has 0 saturated carbocycles. The first-order chi connectivity index (χ1) is 11.4. The molecule has 122 valence electrons. The molecule has 0 amide bonds. The molecule has 25 heavy (non-hydrogen) atoms. The van der Waals surface area contributed by atoms with Crippen molar-refractivity contribution in [3.63, 3.8) is 0 Å². The number of aromatic nitrogens is 4. The van der Waals surface area contributed by atoms with Gasteiger partial charge in [-0.3, -0.25) is 9.78 Å². The number of hydrogen-bond donors (Lipinski definition) is 3. The Kier molecular flexibility index (Phi) is 5.21. The largest absolute Gasteiger partial charge is 1.00 e. The molecule has 0 fully saturated rings. The van der Waals surface area contributed by atoms with Crippen molar-refractivity contribution in [3.8, 4) is 5.88 Å². The standard InChI is InChI=1S/C13H11N7O4.Na/c1-5-2-3-7(6(4-5)11(23)24)17-18-8-9(21)15-13-16-12(14)19-20(13)10(8)22;/h2-4,22H,1H3,(H,23,24)(H3,14,15,16,19,21);/q;+1/p-1. The molecule has 0 unspecified atom stereocenters. The first kappa shape index (κ1) is 18.6. The molecule has 3 aromatic rings. The minimum atomic E-state index is -1.44. The van der Waals surface area contributed by atoms with Crippen LogP contribution in [0.15, 0.2) is 33.2 Å². The SMILES string of the molecule is Cc1ccc(N=Nc2c(O)n3nc(N)nc3[nH]c2=O)c(C(=O)[O-])c1.[Na+]. The number of H-pyrrole nitrogens is 1. The fourth-order valence-corrected chi connectivity index (χ4v) is 2.01. The molecule has 3 rings (SSSR count). The number of aromatic amines is 1. The van der Waals surface area contributed by atoms with Gasteiger partial charge in [-0.15, -0.1) is 15.3 Å². The molecule has 2 heterocycles. The zero-order valence-electron chi connectivity index (χ0n) is 13.2. The number of fused-ring (bicyclic) bond motifs is 1. The van der Waals surface area contributed by atoms with Gasteiger partial charge in [0.25, 0.3) is 5.56 Å². The summed E-state index contributed by atoms with van der Waals surface area (Å²) in [6, 6.07) is 4.38. The number of anilines is 1. The summed E-state index contributed by atoms with van der Waals surface area (Å²) < 4.78 is 0.875. The number of nitrogens with zero attached hydrogens (tertiary/aromatic N) is 5. The van der Waals surface area contributed by atoms with Crippen LogP contribution in [-0.2, 0) is 0 Å². The maximum atomic E-state index is 11.9. The van der Waals surface area contributed by atoms with Crippen molar-refractivity contribution < 1.29 is 44.6 Å². The molecule has 2 aromatic heterocycles. The van der Waals surface area contributed by atoms with Crippen LogP contribution in [0.3, 0.4) is 0 Å². The van der Waals surface area contributed by atoms with Crippen molar-refractivity contribution in [2.45, 2.75) is 6.92 Å². The third kappa shape index (κ3) is 3.52. The molecule has 0 bridgehead atoms. The summed E-state index contributed by atoms with van der Waals surface area (Å²) in [5, 5.41) is 32.2. The zero-order chi connectivity index (χ0) is 17.4. The van der Waals surface area contributed by atoms with Crippen LogP contribution in [0.2, 0.25) is 0 Å². The number of nitrogen functional groups attached to an aromatic ring is 1. The van der Waals surface area contributed by atoms with Gasteiger partial charge < -0.3 is 20.7 Å². The molecule has 0 saturated heterocycles. The molecule has 0 radical (unpaired) electrons. The molecule has 0 spiro atoms. The second-order valence-electron chi connectivity index (χ2n) is 4.84. The van der Waals surface area contributed by atoms with Gasteiger partial charge in [-0.05, 0) is 19.1 Å². The van der Waals surface area contributed by atoms with E-state index < -0.39 is 23.1 Å². The summed E-state index contributed by atoms with van der Waals surface area (Å²) in [6.07, 6.45) is 0. The summed E-state index contributed by atoms with van der Waals surface area (Å²) in [5.74, 6) is -2.30. The first-order valence-corrected chi connectivity index (χ1v) is 6.58. The van der Waals surface area contributed by atoms with Crippen LogP contribution in [-0.4, -0.2) is 30.7 Å². The van der Waals surface area contributed by atoms with Crippen LogP contribution in [0, 0.1) is 6.92 Å². The molecule has 0 aliphatic rings. The Morgan fingerprint density at radius 2 is 2.12 bits per heavy atom. The van der Waals surface area contributed by atoms with Crippen molar-refractivity contribution >= 4 is 29.1 Å². The van der Waals surface area contributed by atoms with E-state index in [1.54, 1.807) is 13.0 Å². The average molecular weight is 351 g/mol. The summed E-state index contributed by atoms with van der Waals surface area (Å²) in [4.78, 5) is 29.1. The number of carboxylic acids is 1. The number of carbonyl (C=O) groups is 1. The van der Waals surface area contributed by atoms with Crippen LogP contribution >= 0.6 is 0 Å². The number of carbonyl (C=O) groups excluding carboxylic acids is 1. The van der Waals surface area contributed by atoms with Crippen LogP contribution in [0.5, 0.6) is 5.88 Å². The van der Waals surface area contributed by atoms with Crippen LogP contribution in [0.25, 0.3) is 5.78 Å². The summed E-state index contributed by atoms with van der Waals surface area (Å²) >= 11 is 0. The van der Waals surface area contributed by atoms with Crippen LogP contribution < -0.4 is 46.0 Å². The Morgan fingerprint density at radius 1 is 1.40 bits per heavy atom. The van der Waals surface area contributed by atoms with Crippen LogP contribution in [0.4, 0.5) is 17.3 Å². The fraction of sp³-hybridized carbons (Fsp3) is 0.0769. The molecule has 0 aliphatic carbocycles. The molecular formula is C13H10N7NaO4. The number of aryl methyl sites for hydroxylation is 1. The van der Waals surface area contributed by atoms with E-state index in [0.29, 0.717) is 5.56 Å². The minimum Gasteiger partial charge on any atom is -0.545 e. The number of aromatic carboxylic acids is 1. The van der Waals surface area contributed by atoms with Gasteiger partial charge >= 0.3 is 29.6 Å². The van der Waals surface area contributed by atoms with Crippen molar-refractivity contribution in [1.29, 1.82) is 0 Å². The third-order valence-electron chi connectivity index (χ3n) is 3.11. The summed E-state index contributed by atoms with van der Waals surface area (Å²) in [7, 11) is 0. The number of nitrogens with two attached hydrogens (primary N) is 1. The molecular weight excluding hydrogens is 341 g/mol. The number of aromatic hydroxyl groups is 1. The van der Waals surface area contributed by atoms with Crippen molar-refractivity contribution in [1.82, 2.24) is 19.6 Å². The number of rotatable bonds is 3. The number of nitrogens with one attached hydrogen (secondary N) is 1. The monoisotopic (exact) mass is 351 g/mol. The molecule has 11 nitrogen and oxygen atoms in total. The van der Waals surface area contributed by atoms with Gasteiger partial charge in [-0.25, -0.2) is 0 Å². The second-order valence-corrected chi connectivity index (χ2v) is 4.84. The van der Waals surface area contributed by atoms with Crippen LogP contribution in [0.1, 0.15) is 15.9 Å². The van der Waals surface area contributed by atoms with E-state index in [2.05, 4.69) is 25.3 Å². The molecule has 1 aromatic carbocycles. The van der Waals surface area contributed by atoms with E-state index in [9.17, 15) is 19.8 Å². The third-order valence-corrected chi connectivity index (χ3v) is 3.11. The zero-order valence-corrected chi connectivity index (χ0v) is 15.2. The molecule has 12 heteroatoms. The Bertz CT molecular complexity index is 1060. The number of azo groups is 1. The van der Waals surface area contributed by atoms with E-state index in [1.807, 2.05) is 0 Å². The van der Waals surface area contributed by atoms with Crippen molar-refractivity contribution in [3.05, 3.63) is 39.7 Å². The van der Waals surface area contributed by atoms with E-state index in [0.717, 1.165) is 4.52 Å². The molecule has 4 N–H and O–H groups in total. The number of hydrogen-bond acceptors (Lipinski definition) is 9. The predicted molar refractivity (Wildman–Crippen MR) is 79.4 cm³/mol. The number of carboxylic acid groups (broad SMARTS) is 1. The number of benzene rings is 1. The van der Waals surface area contributed by atoms with Gasteiger partial charge in [0, 0.05) is 5.56 Å². The quantitative estimate of drug-likeness (QED) is 0.329. The smallest absolute Gasteiger partial charge is 0.545 e. The summed E-state index contributed by atoms with van der Waals surface area (Å²) in [5.41, 5.74) is 4.59. The fourth-order valence-electron chi connectivity index (χ4n) is 2.01. The maximum Gasteiger partial charge on any atom is 1.00 e. The van der Waals surface area contributed by atoms with Gasteiger partial charge in [-0.1, -0.05) is 11.6 Å². The van der Waals surface area contributed by atoms with E-state index in [4.69, 9.17) is 5.73 Å². The van der Waals surface area contributed by atoms with Gasteiger partial charge in [0.1, 0.15) is 0 Å². The Hall–Kier alpha value is -2.76. The minimum absolute atomic E-state index is 0. The summed E-state index contributed by atoms with van der Waals surface area (Å²) in [6.45, 7) is 1.70. The van der Waals surface area contributed by atoms with Crippen molar-refractivity contribution in [2.24, 2.45) is 10.2 Å².